The second-order valence-corrected chi connectivity index (χ2v) is 8.57. The molecule has 0 spiro atoms. The van der Waals surface area contributed by atoms with Crippen LogP contribution in [0.1, 0.15) is 56.6 Å². The second kappa shape index (κ2) is 8.82. The van der Waals surface area contributed by atoms with Crippen molar-refractivity contribution in [3.05, 3.63) is 29.8 Å². The average molecular weight is 441 g/mol. The van der Waals surface area contributed by atoms with Crippen molar-refractivity contribution in [3.8, 4) is 11.4 Å². The van der Waals surface area contributed by atoms with Crippen LogP contribution in [0.4, 0.5) is 17.6 Å². The van der Waals surface area contributed by atoms with Crippen LogP contribution in [0.25, 0.3) is 11.4 Å². The fourth-order valence-electron chi connectivity index (χ4n) is 4.50. The highest BCUT2D eigenvalue weighted by Gasteiger charge is 2.36. The van der Waals surface area contributed by atoms with Gasteiger partial charge in [0.2, 0.25) is 0 Å². The molecule has 2 fully saturated rings. The SMILES string of the molecule is CC(C)n1nc(-c2ccc(C(F)(F)F)nc2)nc1[C@H]1CC[C@H](N2CCO[C@H](CF)C2)C1. The van der Waals surface area contributed by atoms with E-state index in [1.54, 1.807) is 0 Å². The van der Waals surface area contributed by atoms with Gasteiger partial charge in [-0.2, -0.15) is 18.3 Å². The average Bonchev–Trinajstić information content (AvgIpc) is 3.41. The number of aromatic nitrogens is 4. The van der Waals surface area contributed by atoms with E-state index in [0.29, 0.717) is 30.6 Å². The number of morpholine rings is 1. The van der Waals surface area contributed by atoms with Crippen LogP contribution in [0.2, 0.25) is 0 Å². The Morgan fingerprint density at radius 1 is 1.23 bits per heavy atom. The molecule has 2 aromatic rings. The molecule has 1 saturated heterocycles. The monoisotopic (exact) mass is 441 g/mol. The Labute approximate surface area is 178 Å². The van der Waals surface area contributed by atoms with Crippen molar-refractivity contribution >= 4 is 0 Å². The first-order valence-corrected chi connectivity index (χ1v) is 10.7. The Kier molecular flexibility index (Phi) is 6.30. The topological polar surface area (TPSA) is 56.1 Å². The molecule has 2 aromatic heterocycles. The van der Waals surface area contributed by atoms with Crippen molar-refractivity contribution in [2.75, 3.05) is 26.4 Å². The number of ether oxygens (including phenoxy) is 1. The third-order valence-electron chi connectivity index (χ3n) is 6.09. The number of hydrogen-bond donors (Lipinski definition) is 0. The first kappa shape index (κ1) is 22.1. The van der Waals surface area contributed by atoms with Gasteiger partial charge in [0.1, 0.15) is 18.2 Å². The fraction of sp³-hybridized carbons (Fsp3) is 0.667. The predicted octanol–water partition coefficient (Wildman–Crippen LogP) is 4.25. The largest absolute Gasteiger partial charge is 0.433 e. The van der Waals surface area contributed by atoms with Crippen LogP contribution >= 0.6 is 0 Å². The molecular weight excluding hydrogens is 414 g/mol. The number of alkyl halides is 4. The van der Waals surface area contributed by atoms with Crippen LogP contribution < -0.4 is 0 Å². The van der Waals surface area contributed by atoms with Crippen LogP contribution in [0.3, 0.4) is 0 Å². The summed E-state index contributed by atoms with van der Waals surface area (Å²) in [5, 5.41) is 4.58. The molecule has 0 radical (unpaired) electrons. The number of rotatable bonds is 5. The lowest BCUT2D eigenvalue weighted by atomic mass is 10.1. The van der Waals surface area contributed by atoms with E-state index in [0.717, 1.165) is 37.7 Å². The van der Waals surface area contributed by atoms with Crippen LogP contribution in [-0.4, -0.2) is 63.2 Å². The summed E-state index contributed by atoms with van der Waals surface area (Å²) in [6.07, 6.45) is -0.826. The maximum Gasteiger partial charge on any atom is 0.433 e. The predicted molar refractivity (Wildman–Crippen MR) is 106 cm³/mol. The minimum absolute atomic E-state index is 0.0667. The summed E-state index contributed by atoms with van der Waals surface area (Å²) in [5.74, 6) is 1.43. The highest BCUT2D eigenvalue weighted by Crippen LogP contribution is 2.38. The van der Waals surface area contributed by atoms with Gasteiger partial charge in [0.05, 0.1) is 12.7 Å². The van der Waals surface area contributed by atoms with Crippen LogP contribution in [0.15, 0.2) is 18.3 Å². The van der Waals surface area contributed by atoms with E-state index in [1.165, 1.54) is 12.3 Å². The molecule has 31 heavy (non-hydrogen) atoms. The molecule has 4 rings (SSSR count). The molecule has 1 saturated carbocycles. The molecule has 2 aliphatic rings. The molecule has 0 amide bonds. The van der Waals surface area contributed by atoms with Gasteiger partial charge in [-0.3, -0.25) is 9.88 Å². The van der Waals surface area contributed by atoms with E-state index in [9.17, 15) is 17.6 Å². The Hall–Kier alpha value is -2.07. The van der Waals surface area contributed by atoms with Gasteiger partial charge in [-0.05, 0) is 45.2 Å². The number of nitrogens with zero attached hydrogens (tertiary/aromatic N) is 5. The Balaban J connectivity index is 1.53. The van der Waals surface area contributed by atoms with Crippen LogP contribution in [-0.2, 0) is 10.9 Å². The quantitative estimate of drug-likeness (QED) is 0.650. The van der Waals surface area contributed by atoms with Gasteiger partial charge in [-0.25, -0.2) is 14.1 Å². The van der Waals surface area contributed by atoms with Gasteiger partial charge in [0.15, 0.2) is 5.82 Å². The second-order valence-electron chi connectivity index (χ2n) is 8.57. The molecule has 0 bridgehead atoms. The molecule has 0 N–H and O–H groups in total. The summed E-state index contributed by atoms with van der Waals surface area (Å²) >= 11 is 0. The van der Waals surface area contributed by atoms with Gasteiger partial charge in [0.25, 0.3) is 0 Å². The number of halogens is 4. The number of pyridine rings is 1. The van der Waals surface area contributed by atoms with Crippen LogP contribution in [0, 0.1) is 0 Å². The van der Waals surface area contributed by atoms with Crippen molar-refractivity contribution in [2.24, 2.45) is 0 Å². The van der Waals surface area contributed by atoms with E-state index in [4.69, 9.17) is 9.72 Å². The van der Waals surface area contributed by atoms with E-state index in [2.05, 4.69) is 15.0 Å². The zero-order valence-corrected chi connectivity index (χ0v) is 17.6. The maximum absolute atomic E-state index is 13.0. The van der Waals surface area contributed by atoms with Gasteiger partial charge < -0.3 is 4.74 Å². The highest BCUT2D eigenvalue weighted by molar-refractivity contribution is 5.53. The molecule has 3 atom stereocenters. The van der Waals surface area contributed by atoms with Crippen molar-refractivity contribution < 1.29 is 22.3 Å². The molecule has 170 valence electrons. The molecule has 1 aliphatic carbocycles. The van der Waals surface area contributed by atoms with Crippen molar-refractivity contribution in [1.29, 1.82) is 0 Å². The smallest absolute Gasteiger partial charge is 0.373 e. The standard InChI is InChI=1S/C21H27F4N5O/c1-13(2)30-20(14-3-5-16(9-14)29-7-8-31-17(10-22)12-29)27-19(28-30)15-4-6-18(26-11-15)21(23,24)25/h4,6,11,13-14,16-17H,3,5,7-10,12H2,1-2H3/t14-,16-,17+/m0/s1. The highest BCUT2D eigenvalue weighted by atomic mass is 19.4. The van der Waals surface area contributed by atoms with E-state index in [-0.39, 0.29) is 18.1 Å². The Bertz CT molecular complexity index is 883. The molecule has 6 nitrogen and oxygen atoms in total. The van der Waals surface area contributed by atoms with Gasteiger partial charge in [-0.15, -0.1) is 0 Å². The van der Waals surface area contributed by atoms with E-state index in [1.807, 2.05) is 18.5 Å². The first-order valence-electron chi connectivity index (χ1n) is 10.7. The van der Waals surface area contributed by atoms with Crippen LogP contribution in [0.5, 0.6) is 0 Å². The van der Waals surface area contributed by atoms with Gasteiger partial charge >= 0.3 is 6.18 Å². The summed E-state index contributed by atoms with van der Waals surface area (Å²) in [7, 11) is 0. The summed E-state index contributed by atoms with van der Waals surface area (Å²) in [4.78, 5) is 10.6. The Morgan fingerprint density at radius 2 is 2.03 bits per heavy atom. The summed E-state index contributed by atoms with van der Waals surface area (Å²) in [5.41, 5.74) is -0.474. The zero-order valence-electron chi connectivity index (χ0n) is 17.6. The van der Waals surface area contributed by atoms with Crippen molar-refractivity contribution in [1.82, 2.24) is 24.6 Å². The minimum atomic E-state index is -4.48. The normalized spacial score (nSPS) is 25.5. The maximum atomic E-state index is 13.0. The molecule has 1 aliphatic heterocycles. The summed E-state index contributed by atoms with van der Waals surface area (Å²) < 4.78 is 58.8. The summed E-state index contributed by atoms with van der Waals surface area (Å²) in [6, 6.07) is 2.73. The molecular formula is C21H27F4N5O. The van der Waals surface area contributed by atoms with Crippen molar-refractivity contribution in [3.63, 3.8) is 0 Å². The Morgan fingerprint density at radius 3 is 2.68 bits per heavy atom. The van der Waals surface area contributed by atoms with E-state index < -0.39 is 18.5 Å². The lowest BCUT2D eigenvalue weighted by Crippen LogP contribution is -2.47. The van der Waals surface area contributed by atoms with Crippen molar-refractivity contribution in [2.45, 2.75) is 63.4 Å². The van der Waals surface area contributed by atoms with Gasteiger partial charge in [-0.1, -0.05) is 0 Å². The molecule has 10 heteroatoms. The lowest BCUT2D eigenvalue weighted by molar-refractivity contribution is -0.141. The third-order valence-corrected chi connectivity index (χ3v) is 6.09. The molecule has 0 aromatic carbocycles. The minimum Gasteiger partial charge on any atom is -0.373 e. The molecule has 3 heterocycles. The first-order chi connectivity index (χ1) is 14.8. The lowest BCUT2D eigenvalue weighted by Gasteiger charge is -2.36. The molecule has 0 unspecified atom stereocenters. The fourth-order valence-corrected chi connectivity index (χ4v) is 4.50. The third kappa shape index (κ3) is 4.74. The number of hydrogen-bond acceptors (Lipinski definition) is 5. The zero-order chi connectivity index (χ0) is 22.2. The summed E-state index contributed by atoms with van der Waals surface area (Å²) in [6.45, 7) is 5.49. The van der Waals surface area contributed by atoms with Gasteiger partial charge in [0, 0.05) is 42.9 Å². The van der Waals surface area contributed by atoms with E-state index >= 15 is 0 Å².